The quantitative estimate of drug-likeness (QED) is 0.392. The van der Waals surface area contributed by atoms with Crippen molar-refractivity contribution in [1.29, 1.82) is 0 Å². The maximum atomic E-state index is 13.0. The summed E-state index contributed by atoms with van der Waals surface area (Å²) >= 11 is 4.96. The molecule has 1 amide bonds. The summed E-state index contributed by atoms with van der Waals surface area (Å²) in [6.45, 7) is 8.79. The third-order valence-electron chi connectivity index (χ3n) is 8.31. The van der Waals surface area contributed by atoms with E-state index < -0.39 is 0 Å². The van der Waals surface area contributed by atoms with Gasteiger partial charge in [0.25, 0.3) is 5.56 Å². The van der Waals surface area contributed by atoms with Gasteiger partial charge in [0.1, 0.15) is 16.0 Å². The average Bonchev–Trinajstić information content (AvgIpc) is 3.35. The number of halogens is 1. The van der Waals surface area contributed by atoms with Crippen LogP contribution in [0.15, 0.2) is 51.2 Å². The van der Waals surface area contributed by atoms with Crippen molar-refractivity contribution in [3.8, 4) is 11.3 Å². The van der Waals surface area contributed by atoms with E-state index in [1.54, 1.807) is 6.20 Å². The van der Waals surface area contributed by atoms with Gasteiger partial charge in [0.2, 0.25) is 5.91 Å². The Labute approximate surface area is 223 Å². The monoisotopic (exact) mass is 569 g/mol. The zero-order valence-corrected chi connectivity index (χ0v) is 23.4. The Bertz CT molecular complexity index is 1320. The summed E-state index contributed by atoms with van der Waals surface area (Å²) in [6.07, 6.45) is 4.05. The van der Waals surface area contributed by atoms with Gasteiger partial charge in [-0.3, -0.25) is 9.59 Å². The van der Waals surface area contributed by atoms with E-state index in [1.165, 1.54) is 22.4 Å². The molecule has 190 valence electrons. The first-order valence-electron chi connectivity index (χ1n) is 12.5. The van der Waals surface area contributed by atoms with Crippen LogP contribution in [0, 0.1) is 23.2 Å². The molecule has 3 aliphatic carbocycles. The fourth-order valence-electron chi connectivity index (χ4n) is 5.93. The highest BCUT2D eigenvalue weighted by molar-refractivity contribution is 9.10. The molecular weight excluding hydrogens is 538 g/mol. The Kier molecular flexibility index (Phi) is 6.80. The molecule has 2 aromatic heterocycles. The number of rotatable bonds is 7. The predicted molar refractivity (Wildman–Crippen MR) is 147 cm³/mol. The van der Waals surface area contributed by atoms with Gasteiger partial charge in [-0.2, -0.15) is 5.10 Å². The van der Waals surface area contributed by atoms with Crippen LogP contribution in [-0.4, -0.2) is 26.7 Å². The van der Waals surface area contributed by atoms with E-state index in [2.05, 4.69) is 57.4 Å². The maximum absolute atomic E-state index is 13.0. The molecule has 9 heteroatoms. The van der Waals surface area contributed by atoms with E-state index in [0.29, 0.717) is 33.5 Å². The first-order chi connectivity index (χ1) is 17.1. The molecule has 2 N–H and O–H groups in total. The van der Waals surface area contributed by atoms with Gasteiger partial charge in [-0.25, -0.2) is 9.67 Å². The van der Waals surface area contributed by atoms with E-state index in [0.717, 1.165) is 28.6 Å². The van der Waals surface area contributed by atoms with Crippen molar-refractivity contribution in [2.75, 3.05) is 5.32 Å². The lowest BCUT2D eigenvalue weighted by Gasteiger charge is -2.62. The van der Waals surface area contributed by atoms with Crippen LogP contribution in [0.2, 0.25) is 0 Å². The van der Waals surface area contributed by atoms with Crippen molar-refractivity contribution in [2.24, 2.45) is 23.2 Å². The van der Waals surface area contributed by atoms with Crippen LogP contribution in [0.3, 0.4) is 0 Å². The van der Waals surface area contributed by atoms with Gasteiger partial charge < -0.3 is 10.6 Å². The molecule has 0 aliphatic heterocycles. The van der Waals surface area contributed by atoms with Crippen LogP contribution in [-0.2, 0) is 11.3 Å². The lowest BCUT2D eigenvalue weighted by atomic mass is 9.45. The van der Waals surface area contributed by atoms with Gasteiger partial charge in [-0.05, 0) is 58.9 Å². The second kappa shape index (κ2) is 9.74. The van der Waals surface area contributed by atoms with Crippen LogP contribution in [0.5, 0.6) is 0 Å². The number of hydrogen-bond donors (Lipinski definition) is 2. The van der Waals surface area contributed by atoms with Gasteiger partial charge in [-0.15, -0.1) is 11.3 Å². The SMILES string of the molecule is CC(NC(=O)Cn1ncc(N[C@@H]2C[C@@H]3C[C@H]([C@H]2C)C3(C)C)c(Br)c1=O)c1nc(-c2ccccc2)cs1. The molecular formula is C27H32BrN5O2S. The van der Waals surface area contributed by atoms with Crippen molar-refractivity contribution in [2.45, 2.75) is 59.2 Å². The Morgan fingerprint density at radius 3 is 2.72 bits per heavy atom. The first-order valence-corrected chi connectivity index (χ1v) is 14.1. The van der Waals surface area contributed by atoms with Gasteiger partial charge in [-0.1, -0.05) is 51.1 Å². The Morgan fingerprint density at radius 2 is 2.03 bits per heavy atom. The van der Waals surface area contributed by atoms with E-state index in [9.17, 15) is 9.59 Å². The lowest BCUT2D eigenvalue weighted by Crippen LogP contribution is -2.58. The molecule has 7 nitrogen and oxygen atoms in total. The molecule has 3 fully saturated rings. The Balaban J connectivity index is 1.21. The third kappa shape index (κ3) is 4.63. The van der Waals surface area contributed by atoms with Gasteiger partial charge in [0.15, 0.2) is 0 Å². The molecule has 5 atom stereocenters. The first kappa shape index (κ1) is 25.1. The van der Waals surface area contributed by atoms with Crippen LogP contribution in [0.4, 0.5) is 5.69 Å². The zero-order chi connectivity index (χ0) is 25.6. The van der Waals surface area contributed by atoms with E-state index in [-0.39, 0.29) is 24.1 Å². The van der Waals surface area contributed by atoms with Crippen LogP contribution in [0.25, 0.3) is 11.3 Å². The highest BCUT2D eigenvalue weighted by Gasteiger charge is 2.56. The van der Waals surface area contributed by atoms with Crippen molar-refractivity contribution >= 4 is 38.9 Å². The number of carbonyl (C=O) groups is 1. The minimum Gasteiger partial charge on any atom is -0.380 e. The normalized spacial score (nSPS) is 25.0. The highest BCUT2D eigenvalue weighted by Crippen LogP contribution is 2.61. The minimum atomic E-state index is -0.322. The molecule has 2 heterocycles. The number of carbonyl (C=O) groups excluding carboxylic acids is 1. The van der Waals surface area contributed by atoms with Crippen molar-refractivity contribution in [3.05, 3.63) is 61.7 Å². The van der Waals surface area contributed by atoms with Crippen LogP contribution < -0.4 is 16.2 Å². The standard InChI is InChI=1S/C27H32BrN5O2S/c1-15-19-10-18(27(19,3)4)11-20(15)31-21-12-29-33(26(35)24(21)28)13-23(34)30-16(2)25-32-22(14-36-25)17-8-6-5-7-9-17/h5-9,12,14-16,18-20,31H,10-11,13H2,1-4H3,(H,30,34)/t15-,16?,18+,19-,20-/m1/s1. The number of fused-ring (bicyclic) bond motifs is 2. The summed E-state index contributed by atoms with van der Waals surface area (Å²) in [6, 6.07) is 9.98. The molecule has 6 rings (SSSR count). The van der Waals surface area contributed by atoms with E-state index >= 15 is 0 Å². The number of hydrogen-bond acceptors (Lipinski definition) is 6. The molecule has 3 aliphatic rings. The number of thiazole rings is 1. The van der Waals surface area contributed by atoms with Crippen molar-refractivity contribution < 1.29 is 4.79 Å². The maximum Gasteiger partial charge on any atom is 0.283 e. The largest absolute Gasteiger partial charge is 0.380 e. The van der Waals surface area contributed by atoms with Gasteiger partial charge in [0, 0.05) is 17.0 Å². The van der Waals surface area contributed by atoms with Gasteiger partial charge in [0.05, 0.1) is 23.6 Å². The van der Waals surface area contributed by atoms with E-state index in [4.69, 9.17) is 0 Å². The summed E-state index contributed by atoms with van der Waals surface area (Å²) in [4.78, 5) is 30.3. The van der Waals surface area contributed by atoms with Crippen molar-refractivity contribution in [3.63, 3.8) is 0 Å². The summed E-state index contributed by atoms with van der Waals surface area (Å²) in [5.74, 6) is 1.66. The molecule has 1 unspecified atom stereocenters. The number of aromatic nitrogens is 3. The third-order valence-corrected chi connectivity index (χ3v) is 10.1. The molecule has 3 aromatic rings. The summed E-state index contributed by atoms with van der Waals surface area (Å²) < 4.78 is 1.61. The van der Waals surface area contributed by atoms with E-state index in [1.807, 2.05) is 42.6 Å². The lowest BCUT2D eigenvalue weighted by molar-refractivity contribution is -0.122. The molecule has 36 heavy (non-hydrogen) atoms. The minimum absolute atomic E-state index is 0.156. The summed E-state index contributed by atoms with van der Waals surface area (Å²) in [5, 5.41) is 13.6. The topological polar surface area (TPSA) is 88.9 Å². The van der Waals surface area contributed by atoms with Crippen molar-refractivity contribution in [1.82, 2.24) is 20.1 Å². The second-order valence-corrected chi connectivity index (χ2v) is 12.5. The molecule has 2 bridgehead atoms. The summed E-state index contributed by atoms with van der Waals surface area (Å²) in [7, 11) is 0. The Morgan fingerprint density at radius 1 is 1.28 bits per heavy atom. The fraction of sp³-hybridized carbons (Fsp3) is 0.481. The number of benzene rings is 1. The van der Waals surface area contributed by atoms with Gasteiger partial charge >= 0.3 is 0 Å². The molecule has 3 saturated carbocycles. The Hall–Kier alpha value is -2.52. The number of anilines is 1. The molecule has 0 radical (unpaired) electrons. The highest BCUT2D eigenvalue weighted by atomic mass is 79.9. The number of nitrogens with zero attached hydrogens (tertiary/aromatic N) is 3. The average molecular weight is 571 g/mol. The van der Waals surface area contributed by atoms with Crippen LogP contribution >= 0.6 is 27.3 Å². The molecule has 0 saturated heterocycles. The second-order valence-electron chi connectivity index (χ2n) is 10.8. The predicted octanol–water partition coefficient (Wildman–Crippen LogP) is 5.49. The summed E-state index contributed by atoms with van der Waals surface area (Å²) in [5.41, 5.74) is 2.70. The molecule has 0 spiro atoms. The number of amides is 1. The number of nitrogens with one attached hydrogen (secondary N) is 2. The fourth-order valence-corrected chi connectivity index (χ4v) is 7.19. The smallest absolute Gasteiger partial charge is 0.283 e. The molecule has 1 aromatic carbocycles. The zero-order valence-electron chi connectivity index (χ0n) is 21.0. The van der Waals surface area contributed by atoms with Crippen LogP contribution in [0.1, 0.15) is 51.6 Å².